The number of aromatic nitrogens is 2. The highest BCUT2D eigenvalue weighted by molar-refractivity contribution is 8.02. The minimum atomic E-state index is -0.194. The summed E-state index contributed by atoms with van der Waals surface area (Å²) in [7, 11) is 0. The average Bonchev–Trinajstić information content (AvgIpc) is 3.15. The molecule has 6 nitrogen and oxygen atoms in total. The standard InChI is InChI=1S/C16H24N4O2S2/c1-10(2)20(11(3)4)14(21)12(5)23-16-19-18-15(24-16)17-9-13-7-6-8-22-13/h6-8,10-12H,9H2,1-5H3,(H,17,18)/t12-/m1/s1. The van der Waals surface area contributed by atoms with Crippen LogP contribution in [0.4, 0.5) is 5.13 Å². The monoisotopic (exact) mass is 368 g/mol. The van der Waals surface area contributed by atoms with Crippen molar-refractivity contribution >= 4 is 34.1 Å². The van der Waals surface area contributed by atoms with Gasteiger partial charge in [0.25, 0.3) is 0 Å². The van der Waals surface area contributed by atoms with E-state index in [1.807, 2.05) is 51.7 Å². The Morgan fingerprint density at radius 2 is 2.00 bits per heavy atom. The fourth-order valence-electron chi connectivity index (χ4n) is 2.42. The minimum Gasteiger partial charge on any atom is -0.467 e. The highest BCUT2D eigenvalue weighted by atomic mass is 32.2. The molecule has 0 saturated heterocycles. The number of rotatable bonds is 8. The Balaban J connectivity index is 1.92. The quantitative estimate of drug-likeness (QED) is 0.713. The van der Waals surface area contributed by atoms with Gasteiger partial charge in [-0.1, -0.05) is 23.1 Å². The van der Waals surface area contributed by atoms with Crippen LogP contribution in [-0.4, -0.2) is 38.3 Å². The first kappa shape index (κ1) is 18.8. The van der Waals surface area contributed by atoms with Gasteiger partial charge in [0.05, 0.1) is 18.1 Å². The first-order valence-corrected chi connectivity index (χ1v) is 9.66. The van der Waals surface area contributed by atoms with Gasteiger partial charge in [-0.15, -0.1) is 10.2 Å². The molecular weight excluding hydrogens is 344 g/mol. The third-order valence-corrected chi connectivity index (χ3v) is 5.45. The van der Waals surface area contributed by atoms with Crippen LogP contribution in [0, 0.1) is 0 Å². The molecule has 0 aliphatic carbocycles. The lowest BCUT2D eigenvalue weighted by Gasteiger charge is -2.32. The number of carbonyl (C=O) groups excluding carboxylic acids is 1. The van der Waals surface area contributed by atoms with Gasteiger partial charge >= 0.3 is 0 Å². The molecule has 1 amide bonds. The van der Waals surface area contributed by atoms with Crippen LogP contribution in [0.5, 0.6) is 0 Å². The summed E-state index contributed by atoms with van der Waals surface area (Å²) in [5.74, 6) is 0.970. The Kier molecular flexibility index (Phi) is 6.68. The third-order valence-electron chi connectivity index (χ3n) is 3.39. The highest BCUT2D eigenvalue weighted by Crippen LogP contribution is 2.30. The Morgan fingerprint density at radius 1 is 1.29 bits per heavy atom. The summed E-state index contributed by atoms with van der Waals surface area (Å²) < 4.78 is 6.05. The number of hydrogen-bond donors (Lipinski definition) is 1. The number of hydrogen-bond acceptors (Lipinski definition) is 7. The first-order valence-electron chi connectivity index (χ1n) is 7.97. The molecular formula is C16H24N4O2S2. The molecule has 0 saturated carbocycles. The Labute approximate surface area is 151 Å². The van der Waals surface area contributed by atoms with Gasteiger partial charge in [0.1, 0.15) is 5.76 Å². The van der Waals surface area contributed by atoms with Gasteiger partial charge in [0.15, 0.2) is 4.34 Å². The summed E-state index contributed by atoms with van der Waals surface area (Å²) in [6.07, 6.45) is 1.64. The van der Waals surface area contributed by atoms with E-state index in [-0.39, 0.29) is 23.2 Å². The van der Waals surface area contributed by atoms with E-state index in [4.69, 9.17) is 4.42 Å². The van der Waals surface area contributed by atoms with Crippen molar-refractivity contribution in [3.8, 4) is 0 Å². The van der Waals surface area contributed by atoms with E-state index in [2.05, 4.69) is 15.5 Å². The first-order chi connectivity index (χ1) is 11.4. The van der Waals surface area contributed by atoms with Crippen molar-refractivity contribution in [2.24, 2.45) is 0 Å². The number of carbonyl (C=O) groups is 1. The van der Waals surface area contributed by atoms with E-state index in [0.717, 1.165) is 15.2 Å². The Bertz CT molecular complexity index is 632. The molecule has 24 heavy (non-hydrogen) atoms. The van der Waals surface area contributed by atoms with Gasteiger partial charge in [-0.25, -0.2) is 0 Å². The highest BCUT2D eigenvalue weighted by Gasteiger charge is 2.26. The van der Waals surface area contributed by atoms with E-state index >= 15 is 0 Å². The molecule has 0 fully saturated rings. The molecule has 0 aromatic carbocycles. The number of amides is 1. The molecule has 0 aliphatic rings. The van der Waals surface area contributed by atoms with E-state index < -0.39 is 0 Å². The smallest absolute Gasteiger partial charge is 0.236 e. The van der Waals surface area contributed by atoms with Crippen LogP contribution in [-0.2, 0) is 11.3 Å². The molecule has 1 N–H and O–H groups in total. The van der Waals surface area contributed by atoms with E-state index in [9.17, 15) is 4.79 Å². The normalized spacial score (nSPS) is 12.6. The summed E-state index contributed by atoms with van der Waals surface area (Å²) in [5, 5.41) is 12.0. The van der Waals surface area contributed by atoms with Crippen LogP contribution < -0.4 is 5.32 Å². The van der Waals surface area contributed by atoms with Crippen molar-refractivity contribution < 1.29 is 9.21 Å². The predicted octanol–water partition coefficient (Wildman–Crippen LogP) is 3.87. The summed E-state index contributed by atoms with van der Waals surface area (Å²) >= 11 is 2.90. The van der Waals surface area contributed by atoms with Crippen molar-refractivity contribution in [3.05, 3.63) is 24.2 Å². The summed E-state index contributed by atoms with van der Waals surface area (Å²) in [5.41, 5.74) is 0. The fraction of sp³-hybridized carbons (Fsp3) is 0.562. The molecule has 2 heterocycles. The number of thioether (sulfide) groups is 1. The zero-order valence-electron chi connectivity index (χ0n) is 14.6. The molecule has 1 atom stereocenters. The van der Waals surface area contributed by atoms with E-state index in [1.54, 1.807) is 6.26 Å². The van der Waals surface area contributed by atoms with Crippen LogP contribution in [0.25, 0.3) is 0 Å². The van der Waals surface area contributed by atoms with Crippen LogP contribution >= 0.6 is 23.1 Å². The molecule has 2 aromatic rings. The maximum Gasteiger partial charge on any atom is 0.236 e. The van der Waals surface area contributed by atoms with Gasteiger partial charge in [-0.2, -0.15) is 0 Å². The minimum absolute atomic E-state index is 0.130. The van der Waals surface area contributed by atoms with Crippen LogP contribution in [0.1, 0.15) is 40.4 Å². The lowest BCUT2D eigenvalue weighted by Crippen LogP contribution is -2.45. The van der Waals surface area contributed by atoms with E-state index in [1.165, 1.54) is 23.1 Å². The molecule has 0 bridgehead atoms. The number of nitrogens with one attached hydrogen (secondary N) is 1. The third kappa shape index (κ3) is 4.98. The summed E-state index contributed by atoms with van der Waals surface area (Å²) in [4.78, 5) is 14.6. The largest absolute Gasteiger partial charge is 0.467 e. The van der Waals surface area contributed by atoms with Crippen LogP contribution in [0.15, 0.2) is 27.2 Å². The van der Waals surface area contributed by atoms with Gasteiger partial charge in [0.2, 0.25) is 11.0 Å². The molecule has 132 valence electrons. The van der Waals surface area contributed by atoms with Gasteiger partial charge in [-0.3, -0.25) is 4.79 Å². The van der Waals surface area contributed by atoms with Gasteiger partial charge in [-0.05, 0) is 46.8 Å². The van der Waals surface area contributed by atoms with Crippen LogP contribution in [0.3, 0.4) is 0 Å². The Morgan fingerprint density at radius 3 is 2.58 bits per heavy atom. The Hall–Kier alpha value is -1.54. The van der Waals surface area contributed by atoms with Crippen molar-refractivity contribution in [2.45, 2.75) is 62.8 Å². The van der Waals surface area contributed by atoms with Crippen molar-refractivity contribution in [3.63, 3.8) is 0 Å². The second-order valence-electron chi connectivity index (χ2n) is 6.00. The van der Waals surface area contributed by atoms with Gasteiger partial charge in [0, 0.05) is 12.1 Å². The topological polar surface area (TPSA) is 71.3 Å². The van der Waals surface area contributed by atoms with Crippen molar-refractivity contribution in [1.82, 2.24) is 15.1 Å². The second-order valence-corrected chi connectivity index (χ2v) is 8.56. The van der Waals surface area contributed by atoms with Crippen molar-refractivity contribution in [2.75, 3.05) is 5.32 Å². The lowest BCUT2D eigenvalue weighted by molar-refractivity contribution is -0.133. The average molecular weight is 369 g/mol. The zero-order valence-corrected chi connectivity index (χ0v) is 16.3. The number of anilines is 1. The summed E-state index contributed by atoms with van der Waals surface area (Å²) in [6, 6.07) is 4.11. The molecule has 0 radical (unpaired) electrons. The number of furan rings is 1. The van der Waals surface area contributed by atoms with E-state index in [0.29, 0.717) is 6.54 Å². The van der Waals surface area contributed by atoms with Crippen LogP contribution in [0.2, 0.25) is 0 Å². The zero-order chi connectivity index (χ0) is 17.7. The maximum absolute atomic E-state index is 12.7. The lowest BCUT2D eigenvalue weighted by atomic mass is 10.2. The van der Waals surface area contributed by atoms with Gasteiger partial charge < -0.3 is 14.6 Å². The fourth-order valence-corrected chi connectivity index (χ4v) is 4.37. The molecule has 0 aliphatic heterocycles. The molecule has 0 unspecified atom stereocenters. The number of nitrogens with zero attached hydrogens (tertiary/aromatic N) is 3. The molecule has 2 aromatic heterocycles. The van der Waals surface area contributed by atoms with Crippen molar-refractivity contribution in [1.29, 1.82) is 0 Å². The molecule has 8 heteroatoms. The second kappa shape index (κ2) is 8.53. The SMILES string of the molecule is CC(C)N(C(=O)[C@@H](C)Sc1nnc(NCc2ccco2)s1)C(C)C. The predicted molar refractivity (Wildman–Crippen MR) is 98.4 cm³/mol. The maximum atomic E-state index is 12.7. The summed E-state index contributed by atoms with van der Waals surface area (Å²) in [6.45, 7) is 10.6. The molecule has 0 spiro atoms. The molecule has 2 rings (SSSR count).